The number of aliphatic hydroxyl groups is 1. The van der Waals surface area contributed by atoms with Gasteiger partial charge in [0.2, 0.25) is 0 Å². The van der Waals surface area contributed by atoms with Gasteiger partial charge in [0.25, 0.3) is 0 Å². The quantitative estimate of drug-likeness (QED) is 0.840. The Hall–Kier alpha value is -1.24. The second-order valence-corrected chi connectivity index (χ2v) is 8.54. The molecule has 2 aliphatic rings. The smallest absolute Gasteiger partial charge is 0.133 e. The maximum Gasteiger partial charge on any atom is 0.133 e. The predicted octanol–water partition coefficient (Wildman–Crippen LogP) is 3.71. The molecule has 4 nitrogen and oxygen atoms in total. The van der Waals surface area contributed by atoms with E-state index in [0.717, 1.165) is 49.9 Å². The van der Waals surface area contributed by atoms with E-state index in [-0.39, 0.29) is 6.61 Å². The standard InChI is InChI=1S/C21H25ClN2O2S/c1-26-19-4-2-3-17-18(24-9-7-23(8-10-24)11-12-25)14-15-13-16(22)5-6-20(15)27-21(17)19/h2-6,13,18,25H,7-12,14H2,1H3/t18-/m1/s1. The first kappa shape index (κ1) is 19.1. The molecular weight excluding hydrogens is 380 g/mol. The van der Waals surface area contributed by atoms with Crippen LogP contribution in [0, 0.1) is 0 Å². The fourth-order valence-electron chi connectivity index (χ4n) is 4.07. The monoisotopic (exact) mass is 404 g/mol. The van der Waals surface area contributed by atoms with Gasteiger partial charge in [0, 0.05) is 48.7 Å². The zero-order valence-electron chi connectivity index (χ0n) is 15.5. The number of ether oxygens (including phenoxy) is 1. The van der Waals surface area contributed by atoms with Crippen molar-refractivity contribution in [1.82, 2.24) is 9.80 Å². The number of hydrogen-bond acceptors (Lipinski definition) is 5. The third-order valence-corrected chi connectivity index (χ3v) is 6.99. The van der Waals surface area contributed by atoms with Gasteiger partial charge < -0.3 is 9.84 Å². The molecule has 0 bridgehead atoms. The Labute approximate surface area is 170 Å². The molecule has 2 heterocycles. The fourth-order valence-corrected chi connectivity index (χ4v) is 5.46. The molecule has 1 N–H and O–H groups in total. The minimum absolute atomic E-state index is 0.228. The van der Waals surface area contributed by atoms with Crippen LogP contribution < -0.4 is 4.74 Å². The molecule has 1 saturated heterocycles. The molecule has 6 heteroatoms. The first-order chi connectivity index (χ1) is 13.2. The molecule has 0 radical (unpaired) electrons. The summed E-state index contributed by atoms with van der Waals surface area (Å²) < 4.78 is 5.69. The van der Waals surface area contributed by atoms with E-state index < -0.39 is 0 Å². The lowest BCUT2D eigenvalue weighted by Crippen LogP contribution is -2.48. The molecular formula is C21H25ClN2O2S. The van der Waals surface area contributed by atoms with Crippen molar-refractivity contribution in [2.75, 3.05) is 46.4 Å². The van der Waals surface area contributed by atoms with Gasteiger partial charge in [0.1, 0.15) is 5.75 Å². The van der Waals surface area contributed by atoms with Crippen molar-refractivity contribution >= 4 is 23.4 Å². The highest BCUT2D eigenvalue weighted by atomic mass is 35.5. The summed E-state index contributed by atoms with van der Waals surface area (Å²) in [4.78, 5) is 7.37. The highest BCUT2D eigenvalue weighted by molar-refractivity contribution is 7.99. The van der Waals surface area contributed by atoms with Crippen molar-refractivity contribution in [3.8, 4) is 5.75 Å². The second kappa shape index (κ2) is 8.41. The topological polar surface area (TPSA) is 35.9 Å². The van der Waals surface area contributed by atoms with Gasteiger partial charge in [-0.05, 0) is 41.8 Å². The van der Waals surface area contributed by atoms with Crippen LogP contribution in [0.25, 0.3) is 0 Å². The Kier molecular flexibility index (Phi) is 5.95. The molecule has 0 aliphatic carbocycles. The maximum absolute atomic E-state index is 9.21. The number of aliphatic hydroxyl groups excluding tert-OH is 1. The van der Waals surface area contributed by atoms with Crippen LogP contribution in [0.2, 0.25) is 5.02 Å². The van der Waals surface area contributed by atoms with Crippen LogP contribution >= 0.6 is 23.4 Å². The first-order valence-corrected chi connectivity index (χ1v) is 10.6. The fraction of sp³-hybridized carbons (Fsp3) is 0.429. The van der Waals surface area contributed by atoms with Gasteiger partial charge in [-0.15, -0.1) is 0 Å². The number of nitrogens with zero attached hydrogens (tertiary/aromatic N) is 2. The average Bonchev–Trinajstić information content (AvgIpc) is 2.85. The summed E-state index contributed by atoms with van der Waals surface area (Å²) in [6.45, 7) is 4.98. The van der Waals surface area contributed by atoms with Crippen LogP contribution in [-0.2, 0) is 6.42 Å². The van der Waals surface area contributed by atoms with Crippen LogP contribution in [0.5, 0.6) is 5.75 Å². The van der Waals surface area contributed by atoms with Crippen molar-refractivity contribution < 1.29 is 9.84 Å². The molecule has 0 saturated carbocycles. The Morgan fingerprint density at radius 3 is 2.74 bits per heavy atom. The Morgan fingerprint density at radius 2 is 2.00 bits per heavy atom. The summed E-state index contributed by atoms with van der Waals surface area (Å²) in [6.07, 6.45) is 0.947. The zero-order valence-corrected chi connectivity index (χ0v) is 17.1. The molecule has 0 spiro atoms. The summed E-state index contributed by atoms with van der Waals surface area (Å²) in [5.41, 5.74) is 2.64. The average molecular weight is 405 g/mol. The van der Waals surface area contributed by atoms with E-state index in [9.17, 15) is 5.11 Å². The molecule has 27 heavy (non-hydrogen) atoms. The number of β-amino-alcohol motifs (C(OH)–C–C–N with tert-alkyl or cyclic N) is 1. The van der Waals surface area contributed by atoms with Gasteiger partial charge >= 0.3 is 0 Å². The van der Waals surface area contributed by atoms with E-state index in [2.05, 4.69) is 34.1 Å². The van der Waals surface area contributed by atoms with Gasteiger partial charge in [0.05, 0.1) is 18.6 Å². The van der Waals surface area contributed by atoms with Gasteiger partial charge in [-0.1, -0.05) is 35.5 Å². The Bertz CT molecular complexity index is 809. The highest BCUT2D eigenvalue weighted by Gasteiger charge is 2.31. The summed E-state index contributed by atoms with van der Waals surface area (Å²) in [7, 11) is 1.74. The van der Waals surface area contributed by atoms with Crippen LogP contribution in [0.1, 0.15) is 17.2 Å². The summed E-state index contributed by atoms with van der Waals surface area (Å²) in [5, 5.41) is 10.00. The number of benzene rings is 2. The van der Waals surface area contributed by atoms with Crippen LogP contribution in [0.3, 0.4) is 0 Å². The van der Waals surface area contributed by atoms with Crippen molar-refractivity contribution in [1.29, 1.82) is 0 Å². The number of hydrogen-bond donors (Lipinski definition) is 1. The number of fused-ring (bicyclic) bond motifs is 2. The zero-order chi connectivity index (χ0) is 18.8. The largest absolute Gasteiger partial charge is 0.496 e. The van der Waals surface area contributed by atoms with E-state index in [4.69, 9.17) is 16.3 Å². The van der Waals surface area contributed by atoms with Crippen LogP contribution in [-0.4, -0.2) is 61.3 Å². The highest BCUT2D eigenvalue weighted by Crippen LogP contribution is 2.47. The van der Waals surface area contributed by atoms with Gasteiger partial charge in [-0.3, -0.25) is 9.80 Å². The van der Waals surface area contributed by atoms with Gasteiger partial charge in [-0.2, -0.15) is 0 Å². The first-order valence-electron chi connectivity index (χ1n) is 9.40. The molecule has 2 aromatic rings. The third-order valence-electron chi connectivity index (χ3n) is 5.50. The number of rotatable bonds is 4. The van der Waals surface area contributed by atoms with Crippen LogP contribution in [0.15, 0.2) is 46.2 Å². The molecule has 144 valence electrons. The lowest BCUT2D eigenvalue weighted by Gasteiger charge is -2.39. The minimum atomic E-state index is 0.228. The van der Waals surface area contributed by atoms with Crippen molar-refractivity contribution in [3.63, 3.8) is 0 Å². The lowest BCUT2D eigenvalue weighted by atomic mass is 9.96. The molecule has 4 rings (SSSR count). The van der Waals surface area contributed by atoms with E-state index in [0.29, 0.717) is 6.04 Å². The van der Waals surface area contributed by atoms with E-state index in [1.165, 1.54) is 20.9 Å². The summed E-state index contributed by atoms with van der Waals surface area (Å²) in [5.74, 6) is 0.934. The Balaban J connectivity index is 1.70. The maximum atomic E-state index is 9.21. The predicted molar refractivity (Wildman–Crippen MR) is 110 cm³/mol. The molecule has 0 aromatic heterocycles. The summed E-state index contributed by atoms with van der Waals surface area (Å²) in [6, 6.07) is 12.9. The molecule has 2 aliphatic heterocycles. The van der Waals surface area contributed by atoms with Crippen molar-refractivity contribution in [2.24, 2.45) is 0 Å². The molecule has 0 amide bonds. The molecule has 1 atom stereocenters. The number of halogens is 1. The minimum Gasteiger partial charge on any atom is -0.496 e. The van der Waals surface area contributed by atoms with Gasteiger partial charge in [0.15, 0.2) is 0 Å². The van der Waals surface area contributed by atoms with Gasteiger partial charge in [-0.25, -0.2) is 0 Å². The molecule has 1 fully saturated rings. The molecule has 0 unspecified atom stereocenters. The van der Waals surface area contributed by atoms with E-state index in [1.807, 2.05) is 12.1 Å². The SMILES string of the molecule is COc1cccc2c1Sc1ccc(Cl)cc1C[C@H]2N1CCN(CCO)CC1. The van der Waals surface area contributed by atoms with Crippen molar-refractivity contribution in [2.45, 2.75) is 22.3 Å². The molecule has 2 aromatic carbocycles. The lowest BCUT2D eigenvalue weighted by molar-refractivity contribution is 0.0822. The van der Waals surface area contributed by atoms with Crippen molar-refractivity contribution in [3.05, 3.63) is 52.5 Å². The Morgan fingerprint density at radius 1 is 1.19 bits per heavy atom. The summed E-state index contributed by atoms with van der Waals surface area (Å²) >= 11 is 8.10. The number of piperazine rings is 1. The number of methoxy groups -OCH3 is 1. The van der Waals surface area contributed by atoms with E-state index >= 15 is 0 Å². The normalized spacial score (nSPS) is 20.6. The van der Waals surface area contributed by atoms with E-state index in [1.54, 1.807) is 18.9 Å². The third kappa shape index (κ3) is 3.98. The van der Waals surface area contributed by atoms with Crippen LogP contribution in [0.4, 0.5) is 0 Å². The second-order valence-electron chi connectivity index (χ2n) is 7.05.